The number of hydrogen-bond donors (Lipinski definition) is 2. The minimum absolute atomic E-state index is 0. The van der Waals surface area contributed by atoms with Crippen molar-refractivity contribution in [2.45, 2.75) is 26.4 Å². The maximum atomic E-state index is 11.5. The Morgan fingerprint density at radius 1 is 1.42 bits per heavy atom. The highest BCUT2D eigenvalue weighted by Gasteiger charge is 2.16. The molecule has 2 rings (SSSR count). The lowest BCUT2D eigenvalue weighted by Crippen LogP contribution is -2.48. The van der Waals surface area contributed by atoms with Crippen LogP contribution in [0.15, 0.2) is 18.2 Å². The number of carbonyl (C=O) groups excluding carboxylic acids is 1. The molecule has 7 heteroatoms. The molecule has 1 unspecified atom stereocenters. The Hall–Kier alpha value is -1.50. The van der Waals surface area contributed by atoms with Crippen LogP contribution in [0.4, 0.5) is 0 Å². The Kier molecular flexibility index (Phi) is 8.89. The summed E-state index contributed by atoms with van der Waals surface area (Å²) in [6.07, 6.45) is 0. The van der Waals surface area contributed by atoms with Gasteiger partial charge in [-0.1, -0.05) is 6.07 Å². The van der Waals surface area contributed by atoms with Crippen LogP contribution < -0.4 is 20.1 Å². The van der Waals surface area contributed by atoms with E-state index in [1.54, 1.807) is 7.11 Å². The molecular weight excluding hydrogens is 330 g/mol. The molecule has 1 fully saturated rings. The van der Waals surface area contributed by atoms with Gasteiger partial charge >= 0.3 is 0 Å². The number of hydrogen-bond acceptors (Lipinski definition) is 5. The van der Waals surface area contributed by atoms with Gasteiger partial charge in [0.05, 0.1) is 7.11 Å². The highest BCUT2D eigenvalue weighted by Crippen LogP contribution is 2.28. The lowest BCUT2D eigenvalue weighted by Gasteiger charge is -2.31. The molecule has 6 nitrogen and oxygen atoms in total. The molecule has 1 aliphatic heterocycles. The van der Waals surface area contributed by atoms with E-state index < -0.39 is 0 Å². The minimum atomic E-state index is -0.131. The first kappa shape index (κ1) is 20.5. The van der Waals surface area contributed by atoms with Gasteiger partial charge in [0.15, 0.2) is 18.1 Å². The van der Waals surface area contributed by atoms with Crippen molar-refractivity contribution in [1.82, 2.24) is 15.5 Å². The molecule has 0 spiro atoms. The van der Waals surface area contributed by atoms with Crippen LogP contribution in [0.3, 0.4) is 0 Å². The summed E-state index contributed by atoms with van der Waals surface area (Å²) in [5.74, 6) is 1.12. The van der Waals surface area contributed by atoms with Crippen molar-refractivity contribution in [2.24, 2.45) is 0 Å². The standard InChI is InChI=1S/C17H27N3O3.ClH/c1-4-18-17(21)12-23-15-6-5-14(9-16(15)22-3)11-20-8-7-19-13(2)10-20;/h5-6,9,13,19H,4,7-8,10-12H2,1-3H3,(H,18,21);1H. The number of amides is 1. The second-order valence-corrected chi connectivity index (χ2v) is 5.82. The minimum Gasteiger partial charge on any atom is -0.493 e. The summed E-state index contributed by atoms with van der Waals surface area (Å²) in [6, 6.07) is 6.41. The van der Waals surface area contributed by atoms with Crippen molar-refractivity contribution >= 4 is 18.3 Å². The number of nitrogens with one attached hydrogen (secondary N) is 2. The lowest BCUT2D eigenvalue weighted by molar-refractivity contribution is -0.123. The monoisotopic (exact) mass is 357 g/mol. The molecule has 0 radical (unpaired) electrons. The average molecular weight is 358 g/mol. The Balaban J connectivity index is 0.00000288. The molecule has 0 aromatic heterocycles. The average Bonchev–Trinajstić information content (AvgIpc) is 2.54. The van der Waals surface area contributed by atoms with Gasteiger partial charge in [0.25, 0.3) is 5.91 Å². The molecule has 1 amide bonds. The first-order valence-corrected chi connectivity index (χ1v) is 8.14. The van der Waals surface area contributed by atoms with Crippen molar-refractivity contribution in [3.63, 3.8) is 0 Å². The molecule has 24 heavy (non-hydrogen) atoms. The third-order valence-electron chi connectivity index (χ3n) is 3.82. The number of nitrogens with zero attached hydrogens (tertiary/aromatic N) is 1. The van der Waals surface area contributed by atoms with Crippen LogP contribution in [0, 0.1) is 0 Å². The maximum Gasteiger partial charge on any atom is 0.257 e. The summed E-state index contributed by atoms with van der Waals surface area (Å²) >= 11 is 0. The molecule has 0 bridgehead atoms. The van der Waals surface area contributed by atoms with Crippen molar-refractivity contribution in [2.75, 3.05) is 39.9 Å². The van der Waals surface area contributed by atoms with Gasteiger partial charge in [0, 0.05) is 38.8 Å². The number of halogens is 1. The summed E-state index contributed by atoms with van der Waals surface area (Å²) in [4.78, 5) is 13.9. The number of rotatable bonds is 7. The SMILES string of the molecule is CCNC(=O)COc1ccc(CN2CCNC(C)C2)cc1OC.Cl. The number of benzene rings is 1. The van der Waals surface area contributed by atoms with Crippen molar-refractivity contribution in [1.29, 1.82) is 0 Å². The fraction of sp³-hybridized carbons (Fsp3) is 0.588. The van der Waals surface area contributed by atoms with Gasteiger partial charge in [-0.2, -0.15) is 0 Å². The molecule has 1 heterocycles. The lowest BCUT2D eigenvalue weighted by atomic mass is 10.1. The van der Waals surface area contributed by atoms with Gasteiger partial charge in [-0.05, 0) is 31.5 Å². The van der Waals surface area contributed by atoms with Crippen LogP contribution in [0.5, 0.6) is 11.5 Å². The largest absolute Gasteiger partial charge is 0.493 e. The van der Waals surface area contributed by atoms with Crippen LogP contribution in [-0.2, 0) is 11.3 Å². The maximum absolute atomic E-state index is 11.5. The number of piperazine rings is 1. The highest BCUT2D eigenvalue weighted by atomic mass is 35.5. The summed E-state index contributed by atoms with van der Waals surface area (Å²) in [7, 11) is 1.62. The zero-order valence-electron chi connectivity index (χ0n) is 14.6. The van der Waals surface area contributed by atoms with E-state index in [-0.39, 0.29) is 24.9 Å². The molecule has 1 atom stereocenters. The Morgan fingerprint density at radius 2 is 2.21 bits per heavy atom. The third-order valence-corrected chi connectivity index (χ3v) is 3.82. The van der Waals surface area contributed by atoms with E-state index in [0.717, 1.165) is 26.2 Å². The molecule has 136 valence electrons. The van der Waals surface area contributed by atoms with Crippen molar-refractivity contribution in [3.05, 3.63) is 23.8 Å². The van der Waals surface area contributed by atoms with E-state index >= 15 is 0 Å². The summed E-state index contributed by atoms with van der Waals surface area (Å²) in [6.45, 7) is 8.67. The van der Waals surface area contributed by atoms with E-state index in [1.165, 1.54) is 5.56 Å². The first-order chi connectivity index (χ1) is 11.1. The third kappa shape index (κ3) is 6.19. The van der Waals surface area contributed by atoms with Gasteiger partial charge in [0.1, 0.15) is 0 Å². The van der Waals surface area contributed by atoms with E-state index in [4.69, 9.17) is 9.47 Å². The van der Waals surface area contributed by atoms with E-state index in [0.29, 0.717) is 24.1 Å². The fourth-order valence-electron chi connectivity index (χ4n) is 2.74. The molecule has 0 saturated carbocycles. The van der Waals surface area contributed by atoms with Gasteiger partial charge in [0.2, 0.25) is 0 Å². The van der Waals surface area contributed by atoms with E-state index in [2.05, 4.69) is 22.5 Å². The number of methoxy groups -OCH3 is 1. The summed E-state index contributed by atoms with van der Waals surface area (Å²) in [5, 5.41) is 6.15. The Morgan fingerprint density at radius 3 is 2.88 bits per heavy atom. The van der Waals surface area contributed by atoms with Crippen molar-refractivity contribution in [3.8, 4) is 11.5 Å². The van der Waals surface area contributed by atoms with Crippen LogP contribution in [-0.4, -0.2) is 56.7 Å². The van der Waals surface area contributed by atoms with Gasteiger partial charge in [-0.3, -0.25) is 9.69 Å². The quantitative estimate of drug-likeness (QED) is 0.773. The Labute approximate surface area is 150 Å². The normalized spacial score (nSPS) is 17.7. The predicted octanol–water partition coefficient (Wildman–Crippen LogP) is 1.43. The molecule has 1 aromatic rings. The highest BCUT2D eigenvalue weighted by molar-refractivity contribution is 5.85. The molecule has 0 aliphatic carbocycles. The fourth-order valence-corrected chi connectivity index (χ4v) is 2.74. The zero-order valence-corrected chi connectivity index (χ0v) is 15.4. The van der Waals surface area contributed by atoms with Gasteiger partial charge < -0.3 is 20.1 Å². The molecule has 1 saturated heterocycles. The van der Waals surface area contributed by atoms with Gasteiger partial charge in [-0.25, -0.2) is 0 Å². The predicted molar refractivity (Wildman–Crippen MR) is 97.2 cm³/mol. The number of ether oxygens (including phenoxy) is 2. The molecular formula is C17H28ClN3O3. The topological polar surface area (TPSA) is 62.8 Å². The molecule has 1 aromatic carbocycles. The summed E-state index contributed by atoms with van der Waals surface area (Å²) in [5.41, 5.74) is 1.18. The van der Waals surface area contributed by atoms with Crippen LogP contribution in [0.1, 0.15) is 19.4 Å². The second kappa shape index (κ2) is 10.4. The first-order valence-electron chi connectivity index (χ1n) is 8.14. The van der Waals surface area contributed by atoms with E-state index in [9.17, 15) is 4.79 Å². The van der Waals surface area contributed by atoms with E-state index in [1.807, 2.05) is 25.1 Å². The second-order valence-electron chi connectivity index (χ2n) is 5.82. The Bertz CT molecular complexity index is 528. The van der Waals surface area contributed by atoms with Crippen LogP contribution in [0.25, 0.3) is 0 Å². The number of likely N-dealkylation sites (N-methyl/N-ethyl adjacent to an activating group) is 1. The molecule has 1 aliphatic rings. The summed E-state index contributed by atoms with van der Waals surface area (Å²) < 4.78 is 10.9. The zero-order chi connectivity index (χ0) is 16.7. The van der Waals surface area contributed by atoms with Crippen LogP contribution >= 0.6 is 12.4 Å². The van der Waals surface area contributed by atoms with Crippen molar-refractivity contribution < 1.29 is 14.3 Å². The molecule has 2 N–H and O–H groups in total. The van der Waals surface area contributed by atoms with Gasteiger partial charge in [-0.15, -0.1) is 12.4 Å². The smallest absolute Gasteiger partial charge is 0.257 e. The van der Waals surface area contributed by atoms with Crippen LogP contribution in [0.2, 0.25) is 0 Å². The number of carbonyl (C=O) groups is 1.